The molecule has 128 valence electrons. The van der Waals surface area contributed by atoms with Gasteiger partial charge < -0.3 is 10.2 Å². The molecule has 0 aromatic carbocycles. The van der Waals surface area contributed by atoms with Crippen molar-refractivity contribution in [2.75, 3.05) is 7.05 Å². The van der Waals surface area contributed by atoms with E-state index in [1.165, 1.54) is 49.4 Å². The SMILES string of the molecule is CN(Cc1nccn1C(F)F)C(=O)N[C@H]1C[C@H]1C1CCCCC1. The molecule has 0 radical (unpaired) electrons. The predicted octanol–water partition coefficient (Wildman–Crippen LogP) is 3.39. The van der Waals surface area contributed by atoms with Crippen LogP contribution in [0.3, 0.4) is 0 Å². The standard InChI is InChI=1S/C16H24F2N4O/c1-21(10-14-19-7-8-22(14)15(17)18)16(23)20-13-9-12(13)11-5-3-2-4-6-11/h7-8,11-13,15H,2-6,9-10H2,1H3,(H,20,23)/t12-,13-/m0/s1. The lowest BCUT2D eigenvalue weighted by atomic mass is 9.85. The largest absolute Gasteiger partial charge is 0.335 e. The van der Waals surface area contributed by atoms with E-state index >= 15 is 0 Å². The summed E-state index contributed by atoms with van der Waals surface area (Å²) in [7, 11) is 1.61. The Balaban J connectivity index is 1.48. The van der Waals surface area contributed by atoms with Crippen molar-refractivity contribution >= 4 is 6.03 Å². The molecular formula is C16H24F2N4O. The molecular weight excluding hydrogens is 302 g/mol. The highest BCUT2D eigenvalue weighted by Crippen LogP contribution is 2.44. The van der Waals surface area contributed by atoms with E-state index in [9.17, 15) is 13.6 Å². The van der Waals surface area contributed by atoms with Crippen molar-refractivity contribution in [1.29, 1.82) is 0 Å². The van der Waals surface area contributed by atoms with Crippen LogP contribution in [0.4, 0.5) is 13.6 Å². The molecule has 1 aromatic rings. The fourth-order valence-corrected chi connectivity index (χ4v) is 3.66. The summed E-state index contributed by atoms with van der Waals surface area (Å²) < 4.78 is 26.4. The van der Waals surface area contributed by atoms with Gasteiger partial charge in [-0.1, -0.05) is 32.1 Å². The smallest absolute Gasteiger partial charge is 0.319 e. The summed E-state index contributed by atoms with van der Waals surface area (Å²) in [6.45, 7) is -2.56. The Bertz CT molecular complexity index is 542. The lowest BCUT2D eigenvalue weighted by Gasteiger charge is -2.22. The van der Waals surface area contributed by atoms with Gasteiger partial charge in [-0.05, 0) is 18.3 Å². The van der Waals surface area contributed by atoms with Gasteiger partial charge in [0.05, 0.1) is 6.54 Å². The number of imidazole rings is 1. The zero-order valence-corrected chi connectivity index (χ0v) is 13.4. The summed E-state index contributed by atoms with van der Waals surface area (Å²) in [5, 5.41) is 3.02. The fourth-order valence-electron chi connectivity index (χ4n) is 3.66. The Morgan fingerprint density at radius 2 is 2.17 bits per heavy atom. The first-order valence-electron chi connectivity index (χ1n) is 8.37. The summed E-state index contributed by atoms with van der Waals surface area (Å²) in [6, 6.07) is 0.0417. The normalized spacial score (nSPS) is 24.7. The predicted molar refractivity (Wildman–Crippen MR) is 81.9 cm³/mol. The molecule has 1 N–H and O–H groups in total. The van der Waals surface area contributed by atoms with Gasteiger partial charge in [-0.2, -0.15) is 8.78 Å². The molecule has 5 nitrogen and oxygen atoms in total. The number of rotatable bonds is 5. The number of amides is 2. The highest BCUT2D eigenvalue weighted by atomic mass is 19.3. The molecule has 2 saturated carbocycles. The van der Waals surface area contributed by atoms with E-state index in [0.29, 0.717) is 5.92 Å². The second kappa shape index (κ2) is 6.84. The molecule has 2 aliphatic carbocycles. The van der Waals surface area contributed by atoms with E-state index in [2.05, 4.69) is 10.3 Å². The topological polar surface area (TPSA) is 50.2 Å². The Morgan fingerprint density at radius 1 is 1.43 bits per heavy atom. The van der Waals surface area contributed by atoms with Gasteiger partial charge in [0.2, 0.25) is 0 Å². The van der Waals surface area contributed by atoms with E-state index in [1.54, 1.807) is 7.05 Å². The minimum atomic E-state index is -2.64. The second-order valence-corrected chi connectivity index (χ2v) is 6.74. The number of urea groups is 1. The minimum Gasteiger partial charge on any atom is -0.335 e. The van der Waals surface area contributed by atoms with Crippen LogP contribution in [0.2, 0.25) is 0 Å². The zero-order chi connectivity index (χ0) is 16.4. The molecule has 0 saturated heterocycles. The minimum absolute atomic E-state index is 0.0734. The molecule has 2 amide bonds. The first-order chi connectivity index (χ1) is 11.1. The number of alkyl halides is 2. The van der Waals surface area contributed by atoms with Gasteiger partial charge >= 0.3 is 12.6 Å². The maximum absolute atomic E-state index is 12.8. The third kappa shape index (κ3) is 3.82. The van der Waals surface area contributed by atoms with E-state index in [4.69, 9.17) is 0 Å². The molecule has 0 unspecified atom stereocenters. The van der Waals surface area contributed by atoms with Gasteiger partial charge in [0.1, 0.15) is 5.82 Å². The van der Waals surface area contributed by atoms with Gasteiger partial charge in [0, 0.05) is 25.5 Å². The average molecular weight is 326 g/mol. The van der Waals surface area contributed by atoms with Gasteiger partial charge in [0.25, 0.3) is 0 Å². The van der Waals surface area contributed by atoms with Gasteiger partial charge in [0.15, 0.2) is 0 Å². The maximum atomic E-state index is 12.8. The number of halogens is 2. The molecule has 0 spiro atoms. The molecule has 3 rings (SSSR count). The van der Waals surface area contributed by atoms with Crippen LogP contribution in [0, 0.1) is 11.8 Å². The van der Waals surface area contributed by atoms with Crippen LogP contribution in [-0.2, 0) is 6.54 Å². The lowest BCUT2D eigenvalue weighted by molar-refractivity contribution is 0.0651. The lowest BCUT2D eigenvalue weighted by Crippen LogP contribution is -2.39. The molecule has 0 bridgehead atoms. The monoisotopic (exact) mass is 326 g/mol. The molecule has 2 atom stereocenters. The number of nitrogens with zero attached hydrogens (tertiary/aromatic N) is 3. The van der Waals surface area contributed by atoms with E-state index in [-0.39, 0.29) is 24.4 Å². The third-order valence-corrected chi connectivity index (χ3v) is 5.09. The quantitative estimate of drug-likeness (QED) is 0.902. The molecule has 23 heavy (non-hydrogen) atoms. The summed E-state index contributed by atoms with van der Waals surface area (Å²) in [5.74, 6) is 1.55. The molecule has 1 heterocycles. The van der Waals surface area contributed by atoms with Gasteiger partial charge in [-0.15, -0.1) is 0 Å². The maximum Gasteiger partial charge on any atom is 0.319 e. The van der Waals surface area contributed by atoms with Crippen LogP contribution < -0.4 is 5.32 Å². The van der Waals surface area contributed by atoms with Crippen molar-refractivity contribution < 1.29 is 13.6 Å². The molecule has 0 aliphatic heterocycles. The van der Waals surface area contributed by atoms with E-state index < -0.39 is 6.55 Å². The number of carbonyl (C=O) groups is 1. The first kappa shape index (κ1) is 16.2. The van der Waals surface area contributed by atoms with Crippen LogP contribution >= 0.6 is 0 Å². The number of hydrogen-bond acceptors (Lipinski definition) is 2. The molecule has 2 fully saturated rings. The van der Waals surface area contributed by atoms with E-state index in [1.807, 2.05) is 0 Å². The number of hydrogen-bond donors (Lipinski definition) is 1. The summed E-state index contributed by atoms with van der Waals surface area (Å²) >= 11 is 0. The fraction of sp³-hybridized carbons (Fsp3) is 0.750. The highest BCUT2D eigenvalue weighted by Gasteiger charge is 2.44. The van der Waals surface area contributed by atoms with E-state index in [0.717, 1.165) is 16.9 Å². The molecule has 7 heteroatoms. The van der Waals surface area contributed by atoms with Crippen molar-refractivity contribution in [2.24, 2.45) is 11.8 Å². The third-order valence-electron chi connectivity index (χ3n) is 5.09. The summed E-state index contributed by atoms with van der Waals surface area (Å²) in [4.78, 5) is 17.5. The highest BCUT2D eigenvalue weighted by molar-refractivity contribution is 5.74. The van der Waals surface area contributed by atoms with Crippen LogP contribution in [0.1, 0.15) is 50.9 Å². The number of nitrogens with one attached hydrogen (secondary N) is 1. The summed E-state index contributed by atoms with van der Waals surface area (Å²) in [5.41, 5.74) is 0. The Kier molecular flexibility index (Phi) is 4.82. The Morgan fingerprint density at radius 3 is 2.87 bits per heavy atom. The first-order valence-corrected chi connectivity index (χ1v) is 8.37. The van der Waals surface area contributed by atoms with Gasteiger partial charge in [-0.25, -0.2) is 9.78 Å². The van der Waals surface area contributed by atoms with Crippen LogP contribution in [0.25, 0.3) is 0 Å². The molecule has 2 aliphatic rings. The van der Waals surface area contributed by atoms with Gasteiger partial charge in [-0.3, -0.25) is 4.57 Å². The van der Waals surface area contributed by atoms with Crippen LogP contribution in [0.15, 0.2) is 12.4 Å². The second-order valence-electron chi connectivity index (χ2n) is 6.74. The average Bonchev–Trinajstić information content (AvgIpc) is 3.14. The van der Waals surface area contributed by atoms with Crippen molar-refractivity contribution in [3.05, 3.63) is 18.2 Å². The number of aromatic nitrogens is 2. The molecule has 1 aromatic heterocycles. The van der Waals surface area contributed by atoms with Crippen molar-refractivity contribution in [3.8, 4) is 0 Å². The van der Waals surface area contributed by atoms with Crippen molar-refractivity contribution in [3.63, 3.8) is 0 Å². The van der Waals surface area contributed by atoms with Crippen LogP contribution in [-0.4, -0.2) is 33.6 Å². The zero-order valence-electron chi connectivity index (χ0n) is 13.4. The number of carbonyl (C=O) groups excluding carboxylic acids is 1. The van der Waals surface area contributed by atoms with Crippen molar-refractivity contribution in [1.82, 2.24) is 19.8 Å². The van der Waals surface area contributed by atoms with Crippen LogP contribution in [0.5, 0.6) is 0 Å². The Hall–Kier alpha value is -1.66. The Labute approximate surface area is 135 Å². The summed E-state index contributed by atoms with van der Waals surface area (Å²) in [6.07, 6.45) is 10.1. The van der Waals surface area contributed by atoms with Crippen molar-refractivity contribution in [2.45, 2.75) is 57.7 Å².